The van der Waals surface area contributed by atoms with Crippen LogP contribution in [0, 0.1) is 6.92 Å². The van der Waals surface area contributed by atoms with E-state index in [4.69, 9.17) is 9.47 Å². The molecule has 3 N–H and O–H groups in total. The van der Waals surface area contributed by atoms with Crippen LogP contribution in [0.25, 0.3) is 0 Å². The lowest BCUT2D eigenvalue weighted by molar-refractivity contribution is -0.136. The number of ether oxygens (including phenoxy) is 2. The van der Waals surface area contributed by atoms with Gasteiger partial charge in [0, 0.05) is 0 Å². The molecule has 0 aliphatic rings. The number of hydrazone groups is 1. The standard InChI is InChI=1S/C27H28N4O5/c1-18-9-14-24(35-3)23(15-18)30-26(33)27(34)31-28-16-20-10-12-22(13-11-20)36-17-25(32)29-19(2)21-7-5-4-6-8-21/h4-16,19H,17H2,1-3H3,(H,29,32)(H,30,33)(H,31,34)/b28-16-/t19-/m0/s1. The predicted octanol–water partition coefficient (Wildman–Crippen LogP) is 3.35. The smallest absolute Gasteiger partial charge is 0.329 e. The van der Waals surface area contributed by atoms with Gasteiger partial charge in [-0.15, -0.1) is 0 Å². The van der Waals surface area contributed by atoms with Crippen molar-refractivity contribution in [2.75, 3.05) is 19.0 Å². The van der Waals surface area contributed by atoms with Gasteiger partial charge in [-0.25, -0.2) is 5.43 Å². The van der Waals surface area contributed by atoms with Crippen LogP contribution in [0.15, 0.2) is 77.9 Å². The molecule has 0 bridgehead atoms. The Hall–Kier alpha value is -4.66. The monoisotopic (exact) mass is 488 g/mol. The maximum Gasteiger partial charge on any atom is 0.329 e. The first-order valence-electron chi connectivity index (χ1n) is 11.2. The molecule has 0 aliphatic carbocycles. The van der Waals surface area contributed by atoms with E-state index in [1.165, 1.54) is 13.3 Å². The Kier molecular flexibility index (Phi) is 9.16. The van der Waals surface area contributed by atoms with E-state index in [9.17, 15) is 14.4 Å². The van der Waals surface area contributed by atoms with Crippen molar-refractivity contribution in [2.45, 2.75) is 19.9 Å². The molecule has 3 amide bonds. The summed E-state index contributed by atoms with van der Waals surface area (Å²) in [4.78, 5) is 36.4. The van der Waals surface area contributed by atoms with Gasteiger partial charge in [0.15, 0.2) is 6.61 Å². The molecule has 0 aliphatic heterocycles. The van der Waals surface area contributed by atoms with Gasteiger partial charge in [-0.05, 0) is 66.9 Å². The van der Waals surface area contributed by atoms with Crippen molar-refractivity contribution in [2.24, 2.45) is 5.10 Å². The van der Waals surface area contributed by atoms with Crippen LogP contribution < -0.4 is 25.5 Å². The Bertz CT molecular complexity index is 1230. The van der Waals surface area contributed by atoms with E-state index in [-0.39, 0.29) is 18.6 Å². The predicted molar refractivity (Wildman–Crippen MR) is 137 cm³/mol. The third-order valence-electron chi connectivity index (χ3n) is 5.12. The van der Waals surface area contributed by atoms with Crippen LogP contribution >= 0.6 is 0 Å². The average Bonchev–Trinajstić information content (AvgIpc) is 2.88. The Morgan fingerprint density at radius 3 is 2.39 bits per heavy atom. The van der Waals surface area contributed by atoms with Crippen LogP contribution in [0.4, 0.5) is 5.69 Å². The number of carbonyl (C=O) groups excluding carboxylic acids is 3. The van der Waals surface area contributed by atoms with Crippen molar-refractivity contribution in [3.8, 4) is 11.5 Å². The second-order valence-corrected chi connectivity index (χ2v) is 7.91. The van der Waals surface area contributed by atoms with Crippen LogP contribution in [0.3, 0.4) is 0 Å². The summed E-state index contributed by atoms with van der Waals surface area (Å²) in [5.74, 6) is -1.09. The molecule has 0 spiro atoms. The van der Waals surface area contributed by atoms with Gasteiger partial charge in [-0.3, -0.25) is 14.4 Å². The van der Waals surface area contributed by atoms with Crippen LogP contribution in [-0.4, -0.2) is 37.7 Å². The van der Waals surface area contributed by atoms with Gasteiger partial charge in [0.1, 0.15) is 11.5 Å². The number of hydrogen-bond donors (Lipinski definition) is 3. The molecule has 9 heteroatoms. The zero-order chi connectivity index (χ0) is 25.9. The lowest BCUT2D eigenvalue weighted by atomic mass is 10.1. The molecular weight excluding hydrogens is 460 g/mol. The summed E-state index contributed by atoms with van der Waals surface area (Å²) in [5.41, 5.74) is 5.14. The zero-order valence-corrected chi connectivity index (χ0v) is 20.3. The van der Waals surface area contributed by atoms with Gasteiger partial charge >= 0.3 is 11.8 Å². The molecule has 0 heterocycles. The average molecular weight is 489 g/mol. The number of nitrogens with zero attached hydrogens (tertiary/aromatic N) is 1. The Morgan fingerprint density at radius 1 is 0.972 bits per heavy atom. The number of methoxy groups -OCH3 is 1. The van der Waals surface area contributed by atoms with E-state index in [0.717, 1.165) is 11.1 Å². The van der Waals surface area contributed by atoms with Crippen LogP contribution in [0.5, 0.6) is 11.5 Å². The molecule has 1 atom stereocenters. The Balaban J connectivity index is 1.44. The Labute approximate surface area is 209 Å². The van der Waals surface area contributed by atoms with E-state index in [1.54, 1.807) is 36.4 Å². The number of rotatable bonds is 9. The molecule has 3 rings (SSSR count). The number of hydrogen-bond acceptors (Lipinski definition) is 6. The highest BCUT2D eigenvalue weighted by atomic mass is 16.5. The van der Waals surface area contributed by atoms with Gasteiger partial charge in [0.05, 0.1) is 25.1 Å². The number of nitrogens with one attached hydrogen (secondary N) is 3. The van der Waals surface area contributed by atoms with E-state index < -0.39 is 11.8 Å². The van der Waals surface area contributed by atoms with Crippen LogP contribution in [-0.2, 0) is 14.4 Å². The minimum Gasteiger partial charge on any atom is -0.495 e. The summed E-state index contributed by atoms with van der Waals surface area (Å²) in [6, 6.07) is 21.5. The normalized spacial score (nSPS) is 11.4. The fourth-order valence-corrected chi connectivity index (χ4v) is 3.22. The Morgan fingerprint density at radius 2 is 1.69 bits per heavy atom. The molecule has 0 aromatic heterocycles. The molecule has 186 valence electrons. The van der Waals surface area contributed by atoms with Gasteiger partial charge in [0.2, 0.25) is 0 Å². The molecule has 3 aromatic rings. The minimum absolute atomic E-state index is 0.124. The number of benzene rings is 3. The highest BCUT2D eigenvalue weighted by Crippen LogP contribution is 2.25. The minimum atomic E-state index is -0.925. The van der Waals surface area contributed by atoms with E-state index in [2.05, 4.69) is 21.2 Å². The van der Waals surface area contributed by atoms with Crippen molar-refractivity contribution in [1.29, 1.82) is 0 Å². The first kappa shape index (κ1) is 26.0. The first-order chi connectivity index (χ1) is 17.4. The van der Waals surface area contributed by atoms with Crippen LogP contribution in [0.1, 0.15) is 29.7 Å². The van der Waals surface area contributed by atoms with Crippen molar-refractivity contribution in [3.63, 3.8) is 0 Å². The summed E-state index contributed by atoms with van der Waals surface area (Å²) < 4.78 is 10.7. The third kappa shape index (κ3) is 7.69. The highest BCUT2D eigenvalue weighted by molar-refractivity contribution is 6.39. The molecule has 0 saturated carbocycles. The number of carbonyl (C=O) groups is 3. The molecule has 0 radical (unpaired) electrons. The summed E-state index contributed by atoms with van der Waals surface area (Å²) >= 11 is 0. The van der Waals surface area contributed by atoms with Crippen LogP contribution in [0.2, 0.25) is 0 Å². The first-order valence-corrected chi connectivity index (χ1v) is 11.2. The van der Waals surface area contributed by atoms with Crippen molar-refractivity contribution in [1.82, 2.24) is 10.7 Å². The second-order valence-electron chi connectivity index (χ2n) is 7.91. The van der Waals surface area contributed by atoms with Gasteiger partial charge in [-0.1, -0.05) is 36.4 Å². The summed E-state index contributed by atoms with van der Waals surface area (Å²) in [6.07, 6.45) is 1.39. The largest absolute Gasteiger partial charge is 0.495 e. The molecule has 0 unspecified atom stereocenters. The van der Waals surface area contributed by atoms with Gasteiger partial charge in [0.25, 0.3) is 5.91 Å². The number of aryl methyl sites for hydroxylation is 1. The quantitative estimate of drug-likeness (QED) is 0.243. The van der Waals surface area contributed by atoms with E-state index >= 15 is 0 Å². The fourth-order valence-electron chi connectivity index (χ4n) is 3.22. The fraction of sp³-hybridized carbons (Fsp3) is 0.185. The number of amides is 3. The maximum atomic E-state index is 12.2. The van der Waals surface area contributed by atoms with E-state index in [0.29, 0.717) is 22.7 Å². The topological polar surface area (TPSA) is 118 Å². The van der Waals surface area contributed by atoms with Crippen molar-refractivity contribution >= 4 is 29.6 Å². The highest BCUT2D eigenvalue weighted by Gasteiger charge is 2.15. The van der Waals surface area contributed by atoms with Gasteiger partial charge < -0.3 is 20.1 Å². The van der Waals surface area contributed by atoms with E-state index in [1.807, 2.05) is 50.2 Å². The number of anilines is 1. The molecular formula is C27H28N4O5. The van der Waals surface area contributed by atoms with Crippen molar-refractivity contribution < 1.29 is 23.9 Å². The molecule has 36 heavy (non-hydrogen) atoms. The lowest BCUT2D eigenvalue weighted by Crippen LogP contribution is -2.32. The zero-order valence-electron chi connectivity index (χ0n) is 20.3. The molecule has 0 fully saturated rings. The second kappa shape index (κ2) is 12.7. The van der Waals surface area contributed by atoms with Gasteiger partial charge in [-0.2, -0.15) is 5.10 Å². The van der Waals surface area contributed by atoms with Crippen molar-refractivity contribution in [3.05, 3.63) is 89.5 Å². The molecule has 3 aromatic carbocycles. The summed E-state index contributed by atoms with van der Waals surface area (Å²) in [7, 11) is 1.47. The third-order valence-corrected chi connectivity index (χ3v) is 5.12. The SMILES string of the molecule is COc1ccc(C)cc1NC(=O)C(=O)N/N=C\c1ccc(OCC(=O)N[C@@H](C)c2ccccc2)cc1. The summed E-state index contributed by atoms with van der Waals surface area (Å²) in [5, 5.41) is 9.20. The lowest BCUT2D eigenvalue weighted by Gasteiger charge is -2.14. The molecule has 9 nitrogen and oxygen atoms in total. The maximum absolute atomic E-state index is 12.2. The summed E-state index contributed by atoms with van der Waals surface area (Å²) in [6.45, 7) is 3.64. The molecule has 0 saturated heterocycles.